The monoisotopic (exact) mass is 269 g/mol. The molecule has 1 N–H and O–H groups in total. The Morgan fingerprint density at radius 3 is 2.35 bits per heavy atom. The van der Waals surface area contributed by atoms with Crippen LogP contribution in [0.5, 0.6) is 11.5 Å². The Kier molecular flexibility index (Phi) is 5.19. The fraction of sp³-hybridized carbons (Fsp3) is 0.333. The molecule has 0 saturated heterocycles. The second-order valence-electron chi connectivity index (χ2n) is 5.13. The minimum atomic E-state index is 0.853. The van der Waals surface area contributed by atoms with Crippen LogP contribution in [0.25, 0.3) is 0 Å². The topological polar surface area (TPSA) is 21.3 Å². The van der Waals surface area contributed by atoms with Gasteiger partial charge in [0, 0.05) is 6.54 Å². The number of rotatable bonds is 6. The predicted molar refractivity (Wildman–Crippen MR) is 84.5 cm³/mol. The van der Waals surface area contributed by atoms with Crippen LogP contribution in [0.15, 0.2) is 42.5 Å². The third-order valence-corrected chi connectivity index (χ3v) is 3.32. The summed E-state index contributed by atoms with van der Waals surface area (Å²) >= 11 is 0. The Bertz CT molecular complexity index is 546. The van der Waals surface area contributed by atoms with Gasteiger partial charge in [-0.2, -0.15) is 0 Å². The Hall–Kier alpha value is -1.80. The summed E-state index contributed by atoms with van der Waals surface area (Å²) in [6.07, 6.45) is 2.29. The molecule has 0 radical (unpaired) electrons. The average molecular weight is 269 g/mol. The normalized spacial score (nSPS) is 10.6. The van der Waals surface area contributed by atoms with Gasteiger partial charge in [-0.15, -0.1) is 0 Å². The number of aryl methyl sites for hydroxylation is 2. The molecule has 0 bridgehead atoms. The zero-order chi connectivity index (χ0) is 14.4. The van der Waals surface area contributed by atoms with Gasteiger partial charge in [-0.1, -0.05) is 37.6 Å². The van der Waals surface area contributed by atoms with Gasteiger partial charge in [0.2, 0.25) is 0 Å². The van der Waals surface area contributed by atoms with Crippen LogP contribution in [-0.4, -0.2) is 7.05 Å². The zero-order valence-electron chi connectivity index (χ0n) is 12.6. The largest absolute Gasteiger partial charge is 0.457 e. The van der Waals surface area contributed by atoms with Crippen molar-refractivity contribution in [2.45, 2.75) is 33.2 Å². The molecule has 20 heavy (non-hydrogen) atoms. The number of nitrogens with one attached hydrogen (secondary N) is 1. The molecule has 0 aliphatic carbocycles. The minimum Gasteiger partial charge on any atom is -0.457 e. The van der Waals surface area contributed by atoms with E-state index in [-0.39, 0.29) is 0 Å². The maximum absolute atomic E-state index is 6.00. The molecule has 0 saturated carbocycles. The van der Waals surface area contributed by atoms with Crippen LogP contribution in [-0.2, 0) is 13.0 Å². The Labute approximate surface area is 121 Å². The zero-order valence-corrected chi connectivity index (χ0v) is 12.6. The number of benzene rings is 2. The van der Waals surface area contributed by atoms with Gasteiger partial charge in [-0.3, -0.25) is 0 Å². The van der Waals surface area contributed by atoms with E-state index in [1.807, 2.05) is 7.05 Å². The van der Waals surface area contributed by atoms with Gasteiger partial charge >= 0.3 is 0 Å². The number of hydrogen-bond donors (Lipinski definition) is 1. The van der Waals surface area contributed by atoms with Crippen LogP contribution in [0.4, 0.5) is 0 Å². The summed E-state index contributed by atoms with van der Waals surface area (Å²) in [6, 6.07) is 14.7. The van der Waals surface area contributed by atoms with Crippen molar-refractivity contribution in [3.05, 3.63) is 59.2 Å². The van der Waals surface area contributed by atoms with Gasteiger partial charge in [0.05, 0.1) is 0 Å². The van der Waals surface area contributed by atoms with Gasteiger partial charge in [0.25, 0.3) is 0 Å². The molecule has 0 spiro atoms. The minimum absolute atomic E-state index is 0.853. The van der Waals surface area contributed by atoms with Gasteiger partial charge in [0.15, 0.2) is 0 Å². The van der Waals surface area contributed by atoms with Gasteiger partial charge in [-0.05, 0) is 55.3 Å². The Balaban J connectivity index is 2.14. The van der Waals surface area contributed by atoms with E-state index in [1.54, 1.807) is 0 Å². The molecule has 0 aliphatic heterocycles. The van der Waals surface area contributed by atoms with Crippen LogP contribution in [0.3, 0.4) is 0 Å². The van der Waals surface area contributed by atoms with Crippen molar-refractivity contribution in [3.63, 3.8) is 0 Å². The lowest BCUT2D eigenvalue weighted by atomic mass is 10.1. The quantitative estimate of drug-likeness (QED) is 0.836. The van der Waals surface area contributed by atoms with Crippen LogP contribution in [0.2, 0.25) is 0 Å². The molecule has 0 fully saturated rings. The van der Waals surface area contributed by atoms with Crippen molar-refractivity contribution >= 4 is 0 Å². The molecule has 0 amide bonds. The summed E-state index contributed by atoms with van der Waals surface area (Å²) in [5, 5.41) is 3.16. The maximum atomic E-state index is 6.00. The smallest absolute Gasteiger partial charge is 0.130 e. The summed E-state index contributed by atoms with van der Waals surface area (Å²) in [6.45, 7) is 5.12. The lowest BCUT2D eigenvalue weighted by Gasteiger charge is -2.11. The van der Waals surface area contributed by atoms with Crippen molar-refractivity contribution in [1.82, 2.24) is 5.32 Å². The van der Waals surface area contributed by atoms with Crippen molar-refractivity contribution in [1.29, 1.82) is 0 Å². The third-order valence-electron chi connectivity index (χ3n) is 3.32. The van der Waals surface area contributed by atoms with Crippen molar-refractivity contribution in [3.8, 4) is 11.5 Å². The third kappa shape index (κ3) is 3.84. The van der Waals surface area contributed by atoms with Crippen LogP contribution in [0.1, 0.15) is 30.0 Å². The van der Waals surface area contributed by atoms with Gasteiger partial charge in [-0.25, -0.2) is 0 Å². The molecule has 2 aromatic rings. The molecule has 0 atom stereocenters. The molecular weight excluding hydrogens is 246 g/mol. The van der Waals surface area contributed by atoms with Crippen LogP contribution >= 0.6 is 0 Å². The highest BCUT2D eigenvalue weighted by Gasteiger charge is 2.03. The van der Waals surface area contributed by atoms with Crippen LogP contribution in [0, 0.1) is 6.92 Å². The van der Waals surface area contributed by atoms with E-state index in [4.69, 9.17) is 4.74 Å². The Morgan fingerprint density at radius 2 is 1.70 bits per heavy atom. The van der Waals surface area contributed by atoms with E-state index in [1.165, 1.54) is 17.5 Å². The van der Waals surface area contributed by atoms with Gasteiger partial charge < -0.3 is 10.1 Å². The number of ether oxygens (including phenoxy) is 1. The van der Waals surface area contributed by atoms with Crippen molar-refractivity contribution in [2.75, 3.05) is 7.05 Å². The fourth-order valence-corrected chi connectivity index (χ4v) is 2.21. The molecule has 2 heteroatoms. The maximum Gasteiger partial charge on any atom is 0.130 e. The molecule has 0 aliphatic rings. The molecule has 0 unspecified atom stereocenters. The summed E-state index contributed by atoms with van der Waals surface area (Å²) in [5.41, 5.74) is 3.75. The highest BCUT2D eigenvalue weighted by molar-refractivity contribution is 5.40. The number of hydrogen-bond acceptors (Lipinski definition) is 2. The second kappa shape index (κ2) is 7.11. The SMILES string of the molecule is CCCc1ccc(Oc2cc(CNC)ccc2C)cc1. The molecule has 2 rings (SSSR count). The highest BCUT2D eigenvalue weighted by atomic mass is 16.5. The van der Waals surface area contributed by atoms with Crippen LogP contribution < -0.4 is 10.1 Å². The summed E-state index contributed by atoms with van der Waals surface area (Å²) in [4.78, 5) is 0. The molecule has 0 aromatic heterocycles. The van der Waals surface area contributed by atoms with Gasteiger partial charge in [0.1, 0.15) is 11.5 Å². The molecule has 106 valence electrons. The first-order chi connectivity index (χ1) is 9.72. The van der Waals surface area contributed by atoms with E-state index >= 15 is 0 Å². The first-order valence-corrected chi connectivity index (χ1v) is 7.24. The second-order valence-corrected chi connectivity index (χ2v) is 5.13. The van der Waals surface area contributed by atoms with E-state index in [2.05, 4.69) is 61.6 Å². The van der Waals surface area contributed by atoms with Crippen molar-refractivity contribution < 1.29 is 4.74 Å². The summed E-state index contributed by atoms with van der Waals surface area (Å²) in [7, 11) is 1.95. The standard InChI is InChI=1S/C18H23NO/c1-4-5-15-8-10-17(11-9-15)20-18-12-16(13-19-3)7-6-14(18)2/h6-12,19H,4-5,13H2,1-3H3. The van der Waals surface area contributed by atoms with E-state index in [9.17, 15) is 0 Å². The molecule has 2 nitrogen and oxygen atoms in total. The molecule has 2 aromatic carbocycles. The lowest BCUT2D eigenvalue weighted by molar-refractivity contribution is 0.477. The lowest BCUT2D eigenvalue weighted by Crippen LogP contribution is -2.05. The molecular formula is C18H23NO. The van der Waals surface area contributed by atoms with E-state index in [0.29, 0.717) is 0 Å². The highest BCUT2D eigenvalue weighted by Crippen LogP contribution is 2.26. The van der Waals surface area contributed by atoms with E-state index < -0.39 is 0 Å². The first-order valence-electron chi connectivity index (χ1n) is 7.24. The first kappa shape index (κ1) is 14.6. The summed E-state index contributed by atoms with van der Waals surface area (Å²) < 4.78 is 6.00. The predicted octanol–water partition coefficient (Wildman–Crippen LogP) is 4.46. The van der Waals surface area contributed by atoms with E-state index in [0.717, 1.165) is 30.0 Å². The summed E-state index contributed by atoms with van der Waals surface area (Å²) in [5.74, 6) is 1.83. The fourth-order valence-electron chi connectivity index (χ4n) is 2.21. The molecule has 0 heterocycles. The Morgan fingerprint density at radius 1 is 1.00 bits per heavy atom. The average Bonchev–Trinajstić information content (AvgIpc) is 2.45. The van der Waals surface area contributed by atoms with Crippen molar-refractivity contribution in [2.24, 2.45) is 0 Å².